The summed E-state index contributed by atoms with van der Waals surface area (Å²) in [4.78, 5) is 0. The molecular formula is C39H34N2O2. The van der Waals surface area contributed by atoms with E-state index in [9.17, 15) is 0 Å². The molecule has 0 amide bonds. The first-order chi connectivity index (χ1) is 20.8. The summed E-state index contributed by atoms with van der Waals surface area (Å²) in [7, 11) is 0. The number of rotatable bonds is 8. The van der Waals surface area contributed by atoms with Crippen LogP contribution in [0.1, 0.15) is 25.0 Å². The summed E-state index contributed by atoms with van der Waals surface area (Å²) in [5.41, 5.74) is 19.8. The van der Waals surface area contributed by atoms with Crippen molar-refractivity contribution in [2.75, 3.05) is 11.5 Å². The third-order valence-corrected chi connectivity index (χ3v) is 7.82. The lowest BCUT2D eigenvalue weighted by atomic mass is 9.78. The van der Waals surface area contributed by atoms with Crippen LogP contribution in [0.2, 0.25) is 0 Å². The fourth-order valence-corrected chi connectivity index (χ4v) is 5.10. The van der Waals surface area contributed by atoms with Gasteiger partial charge in [-0.05, 0) is 106 Å². The van der Waals surface area contributed by atoms with Crippen LogP contribution in [0.4, 0.5) is 11.4 Å². The molecule has 0 bridgehead atoms. The average Bonchev–Trinajstić information content (AvgIpc) is 3.03. The molecule has 0 heterocycles. The van der Waals surface area contributed by atoms with Crippen molar-refractivity contribution in [3.05, 3.63) is 157 Å². The van der Waals surface area contributed by atoms with E-state index in [1.165, 1.54) is 11.1 Å². The molecule has 0 aliphatic rings. The van der Waals surface area contributed by atoms with Crippen LogP contribution in [0.5, 0.6) is 23.0 Å². The van der Waals surface area contributed by atoms with E-state index in [-0.39, 0.29) is 5.41 Å². The van der Waals surface area contributed by atoms with Gasteiger partial charge in [0.25, 0.3) is 0 Å². The van der Waals surface area contributed by atoms with Gasteiger partial charge in [-0.25, -0.2) is 0 Å². The molecule has 6 aromatic carbocycles. The van der Waals surface area contributed by atoms with Gasteiger partial charge in [0.15, 0.2) is 0 Å². The number of benzene rings is 6. The number of nitrogens with two attached hydrogens (primary N) is 2. The molecule has 0 saturated heterocycles. The molecule has 4 nitrogen and oxygen atoms in total. The Morgan fingerprint density at radius 2 is 0.581 bits per heavy atom. The second-order valence-electron chi connectivity index (χ2n) is 11.2. The van der Waals surface area contributed by atoms with E-state index in [1.807, 2.05) is 97.1 Å². The topological polar surface area (TPSA) is 70.5 Å². The van der Waals surface area contributed by atoms with Gasteiger partial charge in [0.2, 0.25) is 0 Å². The second-order valence-corrected chi connectivity index (χ2v) is 11.2. The van der Waals surface area contributed by atoms with Gasteiger partial charge in [0, 0.05) is 16.8 Å². The van der Waals surface area contributed by atoms with Crippen LogP contribution in [0.15, 0.2) is 146 Å². The number of hydrogen-bond donors (Lipinski definition) is 2. The zero-order chi connectivity index (χ0) is 29.8. The quantitative estimate of drug-likeness (QED) is 0.181. The fraction of sp³-hybridized carbons (Fsp3) is 0.0769. The van der Waals surface area contributed by atoms with Crippen molar-refractivity contribution in [1.82, 2.24) is 0 Å². The lowest BCUT2D eigenvalue weighted by molar-refractivity contribution is 0.481. The van der Waals surface area contributed by atoms with Crippen LogP contribution in [-0.4, -0.2) is 0 Å². The van der Waals surface area contributed by atoms with Crippen molar-refractivity contribution in [3.8, 4) is 45.3 Å². The first kappa shape index (κ1) is 27.7. The Hall–Kier alpha value is -5.48. The summed E-state index contributed by atoms with van der Waals surface area (Å²) in [5.74, 6) is 3.18. The van der Waals surface area contributed by atoms with Gasteiger partial charge in [-0.1, -0.05) is 86.6 Å². The van der Waals surface area contributed by atoms with Crippen molar-refractivity contribution >= 4 is 11.4 Å². The molecule has 0 saturated carbocycles. The number of nitrogen functional groups attached to an aromatic ring is 2. The molecule has 6 aromatic rings. The van der Waals surface area contributed by atoms with Crippen LogP contribution in [0, 0.1) is 0 Å². The lowest BCUT2D eigenvalue weighted by Gasteiger charge is -2.26. The Balaban J connectivity index is 1.08. The highest BCUT2D eigenvalue weighted by molar-refractivity contribution is 5.67. The van der Waals surface area contributed by atoms with Crippen molar-refractivity contribution in [3.63, 3.8) is 0 Å². The third kappa shape index (κ3) is 6.39. The first-order valence-electron chi connectivity index (χ1n) is 14.3. The van der Waals surface area contributed by atoms with Crippen LogP contribution < -0.4 is 20.9 Å². The predicted molar refractivity (Wildman–Crippen MR) is 178 cm³/mol. The van der Waals surface area contributed by atoms with Crippen molar-refractivity contribution in [2.45, 2.75) is 19.3 Å². The van der Waals surface area contributed by atoms with Crippen molar-refractivity contribution in [2.24, 2.45) is 0 Å². The molecule has 0 aromatic heterocycles. The molecule has 4 heteroatoms. The van der Waals surface area contributed by atoms with Gasteiger partial charge in [0.05, 0.1) is 0 Å². The Kier molecular flexibility index (Phi) is 7.59. The van der Waals surface area contributed by atoms with Gasteiger partial charge < -0.3 is 20.9 Å². The van der Waals surface area contributed by atoms with E-state index in [0.29, 0.717) is 0 Å². The zero-order valence-corrected chi connectivity index (χ0v) is 24.3. The van der Waals surface area contributed by atoms with Gasteiger partial charge in [0.1, 0.15) is 23.0 Å². The zero-order valence-electron chi connectivity index (χ0n) is 24.3. The molecule has 0 fully saturated rings. The highest BCUT2D eigenvalue weighted by Gasteiger charge is 2.23. The number of anilines is 2. The van der Waals surface area contributed by atoms with Gasteiger partial charge in [-0.2, -0.15) is 0 Å². The summed E-state index contributed by atoms with van der Waals surface area (Å²) in [6.07, 6.45) is 0. The third-order valence-electron chi connectivity index (χ3n) is 7.82. The maximum Gasteiger partial charge on any atom is 0.127 e. The molecule has 0 aliphatic heterocycles. The lowest BCUT2D eigenvalue weighted by Crippen LogP contribution is -2.18. The van der Waals surface area contributed by atoms with E-state index >= 15 is 0 Å². The highest BCUT2D eigenvalue weighted by atomic mass is 16.5. The minimum absolute atomic E-state index is 0.196. The van der Waals surface area contributed by atoms with E-state index in [1.54, 1.807) is 0 Å². The second kappa shape index (κ2) is 11.8. The predicted octanol–water partition coefficient (Wildman–Crippen LogP) is 10.1. The monoisotopic (exact) mass is 562 g/mol. The summed E-state index contributed by atoms with van der Waals surface area (Å²) in [5, 5.41) is 0. The van der Waals surface area contributed by atoms with Crippen molar-refractivity contribution < 1.29 is 9.47 Å². The van der Waals surface area contributed by atoms with E-state index in [2.05, 4.69) is 62.4 Å². The number of ether oxygens (including phenoxy) is 2. The summed E-state index contributed by atoms with van der Waals surface area (Å²) < 4.78 is 12.3. The minimum atomic E-state index is -0.196. The van der Waals surface area contributed by atoms with Crippen LogP contribution in [0.3, 0.4) is 0 Å². The van der Waals surface area contributed by atoms with E-state index in [0.717, 1.165) is 56.6 Å². The van der Waals surface area contributed by atoms with Crippen LogP contribution in [0.25, 0.3) is 22.3 Å². The molecule has 6 rings (SSSR count). The molecule has 212 valence electrons. The Labute approximate surface area is 253 Å². The summed E-state index contributed by atoms with van der Waals surface area (Å²) in [6, 6.07) is 48.5. The van der Waals surface area contributed by atoms with Crippen LogP contribution in [-0.2, 0) is 5.41 Å². The molecule has 0 unspecified atom stereocenters. The van der Waals surface area contributed by atoms with Crippen LogP contribution >= 0.6 is 0 Å². The molecule has 0 aliphatic carbocycles. The van der Waals surface area contributed by atoms with Gasteiger partial charge >= 0.3 is 0 Å². The summed E-state index contributed by atoms with van der Waals surface area (Å²) in [6.45, 7) is 4.45. The fourth-order valence-electron chi connectivity index (χ4n) is 5.10. The SMILES string of the molecule is CC(C)(c1ccc(Oc2ccc(-c3ccc(N)cc3)cc2)cc1)c1ccc(Oc2ccc(-c3ccc(N)cc3)cc2)cc1. The Bertz CT molecular complexity index is 1650. The molecular weight excluding hydrogens is 528 g/mol. The number of hydrogen-bond acceptors (Lipinski definition) is 4. The Morgan fingerprint density at radius 1 is 0.349 bits per heavy atom. The molecule has 43 heavy (non-hydrogen) atoms. The molecule has 0 atom stereocenters. The van der Waals surface area contributed by atoms with Gasteiger partial charge in [-0.15, -0.1) is 0 Å². The van der Waals surface area contributed by atoms with Gasteiger partial charge in [-0.3, -0.25) is 0 Å². The van der Waals surface area contributed by atoms with Crippen molar-refractivity contribution in [1.29, 1.82) is 0 Å². The Morgan fingerprint density at radius 3 is 0.860 bits per heavy atom. The first-order valence-corrected chi connectivity index (χ1v) is 14.3. The standard InChI is InChI=1S/C39H34N2O2/c1-39(2,31-11-23-37(24-12-31)42-35-19-7-29(8-20-35)27-3-15-33(40)16-4-27)32-13-25-38(26-14-32)43-36-21-9-30(10-22-36)28-5-17-34(41)18-6-28/h3-26H,40-41H2,1-2H3. The maximum absolute atomic E-state index is 6.13. The largest absolute Gasteiger partial charge is 0.457 e. The van der Waals surface area contributed by atoms with E-state index < -0.39 is 0 Å². The minimum Gasteiger partial charge on any atom is -0.457 e. The molecule has 0 spiro atoms. The smallest absolute Gasteiger partial charge is 0.127 e. The molecule has 0 radical (unpaired) electrons. The summed E-state index contributed by atoms with van der Waals surface area (Å²) >= 11 is 0. The maximum atomic E-state index is 6.13. The highest BCUT2D eigenvalue weighted by Crippen LogP contribution is 2.35. The molecule has 4 N–H and O–H groups in total. The normalized spacial score (nSPS) is 11.2. The average molecular weight is 563 g/mol. The van der Waals surface area contributed by atoms with E-state index in [4.69, 9.17) is 20.9 Å².